The highest BCUT2D eigenvalue weighted by Crippen LogP contribution is 2.41. The van der Waals surface area contributed by atoms with Crippen molar-refractivity contribution in [3.05, 3.63) is 47.5 Å². The number of para-hydroxylation sites is 1. The number of rotatable bonds is 5. The Hall–Kier alpha value is -2.74. The van der Waals surface area contributed by atoms with Gasteiger partial charge >= 0.3 is 0 Å². The van der Waals surface area contributed by atoms with Crippen molar-refractivity contribution >= 4 is 27.3 Å². The second kappa shape index (κ2) is 7.50. The van der Waals surface area contributed by atoms with Gasteiger partial charge in [0.15, 0.2) is 18.1 Å². The van der Waals surface area contributed by atoms with Gasteiger partial charge in [0.2, 0.25) is 10.0 Å². The van der Waals surface area contributed by atoms with Crippen LogP contribution in [0.25, 0.3) is 0 Å². The SMILES string of the molecule is Cc1ccc(N2CCCS2(=O)=O)cc1NC(=O)COc1cccc2c1OC(C)(C)C2. The van der Waals surface area contributed by atoms with Crippen molar-refractivity contribution in [1.29, 1.82) is 0 Å². The number of carbonyl (C=O) groups excluding carboxylic acids is 1. The van der Waals surface area contributed by atoms with E-state index in [0.29, 0.717) is 35.8 Å². The van der Waals surface area contributed by atoms with Crippen LogP contribution < -0.4 is 19.1 Å². The highest BCUT2D eigenvalue weighted by atomic mass is 32.2. The number of nitrogens with one attached hydrogen (secondary N) is 1. The molecule has 2 heterocycles. The number of amides is 1. The molecule has 8 heteroatoms. The van der Waals surface area contributed by atoms with Gasteiger partial charge in [-0.3, -0.25) is 9.10 Å². The number of hydrogen-bond acceptors (Lipinski definition) is 5. The minimum atomic E-state index is -3.28. The second-order valence-electron chi connectivity index (χ2n) is 8.36. The third-order valence-electron chi connectivity index (χ3n) is 5.30. The molecule has 1 N–H and O–H groups in total. The smallest absolute Gasteiger partial charge is 0.262 e. The van der Waals surface area contributed by atoms with Gasteiger partial charge in [-0.2, -0.15) is 0 Å². The maximum atomic E-state index is 12.5. The Bertz CT molecular complexity index is 1090. The average molecular weight is 431 g/mol. The third-order valence-corrected chi connectivity index (χ3v) is 7.17. The second-order valence-corrected chi connectivity index (χ2v) is 10.4. The van der Waals surface area contributed by atoms with Crippen molar-refractivity contribution in [2.75, 3.05) is 28.5 Å². The Morgan fingerprint density at radius 2 is 2.07 bits per heavy atom. The van der Waals surface area contributed by atoms with Crippen LogP contribution >= 0.6 is 0 Å². The minimum Gasteiger partial charge on any atom is -0.483 e. The van der Waals surface area contributed by atoms with E-state index >= 15 is 0 Å². The van der Waals surface area contributed by atoms with Crippen LogP contribution in [0.3, 0.4) is 0 Å². The molecular weight excluding hydrogens is 404 g/mol. The molecule has 0 unspecified atom stereocenters. The summed E-state index contributed by atoms with van der Waals surface area (Å²) in [5.74, 6) is 1.06. The van der Waals surface area contributed by atoms with E-state index in [1.54, 1.807) is 24.3 Å². The van der Waals surface area contributed by atoms with Crippen molar-refractivity contribution in [2.45, 2.75) is 39.2 Å². The first-order valence-electron chi connectivity index (χ1n) is 9.99. The number of benzene rings is 2. The molecule has 30 heavy (non-hydrogen) atoms. The molecular formula is C22H26N2O5S. The summed E-state index contributed by atoms with van der Waals surface area (Å²) in [5, 5.41) is 2.83. The predicted octanol–water partition coefficient (Wildman–Crippen LogP) is 3.27. The number of hydrogen-bond donors (Lipinski definition) is 1. The zero-order chi connectivity index (χ0) is 21.5. The lowest BCUT2D eigenvalue weighted by molar-refractivity contribution is -0.118. The predicted molar refractivity (Wildman–Crippen MR) is 116 cm³/mol. The molecule has 160 valence electrons. The normalized spacial score (nSPS) is 18.6. The van der Waals surface area contributed by atoms with Crippen LogP contribution in [0.5, 0.6) is 11.5 Å². The van der Waals surface area contributed by atoms with E-state index in [1.807, 2.05) is 32.9 Å². The Morgan fingerprint density at radius 3 is 2.80 bits per heavy atom. The maximum absolute atomic E-state index is 12.5. The molecule has 2 aromatic rings. The van der Waals surface area contributed by atoms with E-state index in [1.165, 1.54) is 4.31 Å². The first-order valence-corrected chi connectivity index (χ1v) is 11.6. The monoisotopic (exact) mass is 430 g/mol. The zero-order valence-corrected chi connectivity index (χ0v) is 18.2. The van der Waals surface area contributed by atoms with Gasteiger partial charge in [0.05, 0.1) is 11.4 Å². The Kier molecular flexibility index (Phi) is 5.13. The van der Waals surface area contributed by atoms with Gasteiger partial charge in [0.1, 0.15) is 5.60 Å². The van der Waals surface area contributed by atoms with Crippen LogP contribution in [-0.4, -0.2) is 38.8 Å². The fraction of sp³-hybridized carbons (Fsp3) is 0.409. The maximum Gasteiger partial charge on any atom is 0.262 e. The van der Waals surface area contributed by atoms with Gasteiger partial charge in [-0.25, -0.2) is 8.42 Å². The molecule has 0 atom stereocenters. The molecule has 2 aromatic carbocycles. The van der Waals surface area contributed by atoms with Crippen molar-refractivity contribution in [2.24, 2.45) is 0 Å². The van der Waals surface area contributed by atoms with Crippen LogP contribution in [0.2, 0.25) is 0 Å². The van der Waals surface area contributed by atoms with Gasteiger partial charge < -0.3 is 14.8 Å². The summed E-state index contributed by atoms with van der Waals surface area (Å²) in [7, 11) is -3.28. The van der Waals surface area contributed by atoms with E-state index in [0.717, 1.165) is 17.5 Å². The number of anilines is 2. The molecule has 4 rings (SSSR count). The summed E-state index contributed by atoms with van der Waals surface area (Å²) in [6.07, 6.45) is 1.39. The summed E-state index contributed by atoms with van der Waals surface area (Å²) in [6.45, 7) is 6.17. The highest BCUT2D eigenvalue weighted by Gasteiger charge is 2.32. The van der Waals surface area contributed by atoms with Crippen molar-refractivity contribution in [3.63, 3.8) is 0 Å². The molecule has 2 aliphatic rings. The summed E-state index contributed by atoms with van der Waals surface area (Å²) < 4.78 is 37.5. The number of fused-ring (bicyclic) bond motifs is 1. The summed E-state index contributed by atoms with van der Waals surface area (Å²) in [5.41, 5.74) is 2.74. The summed E-state index contributed by atoms with van der Waals surface area (Å²) >= 11 is 0. The van der Waals surface area contributed by atoms with Gasteiger partial charge in [0, 0.05) is 24.2 Å². The molecule has 0 saturated carbocycles. The Labute approximate surface area is 177 Å². The molecule has 1 saturated heterocycles. The molecule has 1 amide bonds. The van der Waals surface area contributed by atoms with Gasteiger partial charge in [-0.15, -0.1) is 0 Å². The lowest BCUT2D eigenvalue weighted by atomic mass is 10.0. The standard InChI is InChI=1S/C22H26N2O5S/c1-15-8-9-17(24-10-5-11-30(24,26)27)12-18(15)23-20(25)14-28-19-7-4-6-16-13-22(2,3)29-21(16)19/h4,6-9,12H,5,10-11,13-14H2,1-3H3,(H,23,25). The molecule has 2 aliphatic heterocycles. The molecule has 0 aliphatic carbocycles. The Balaban J connectivity index is 1.45. The van der Waals surface area contributed by atoms with Crippen LogP contribution in [0.15, 0.2) is 36.4 Å². The fourth-order valence-electron chi connectivity index (χ4n) is 3.86. The number of ether oxygens (including phenoxy) is 2. The molecule has 0 aromatic heterocycles. The minimum absolute atomic E-state index is 0.149. The Morgan fingerprint density at radius 1 is 1.27 bits per heavy atom. The quantitative estimate of drug-likeness (QED) is 0.787. The topological polar surface area (TPSA) is 84.9 Å². The van der Waals surface area contributed by atoms with Gasteiger partial charge in [0.25, 0.3) is 5.91 Å². The van der Waals surface area contributed by atoms with Gasteiger partial charge in [-0.1, -0.05) is 18.2 Å². The van der Waals surface area contributed by atoms with Crippen molar-refractivity contribution in [3.8, 4) is 11.5 Å². The van der Waals surface area contributed by atoms with Crippen LogP contribution in [-0.2, 0) is 21.2 Å². The molecule has 7 nitrogen and oxygen atoms in total. The molecule has 0 radical (unpaired) electrons. The number of carbonyl (C=O) groups is 1. The first-order chi connectivity index (χ1) is 14.1. The summed E-state index contributed by atoms with van der Waals surface area (Å²) in [4.78, 5) is 12.5. The third kappa shape index (κ3) is 4.09. The molecule has 0 bridgehead atoms. The first kappa shape index (κ1) is 20.5. The summed E-state index contributed by atoms with van der Waals surface area (Å²) in [6, 6.07) is 10.9. The number of aryl methyl sites for hydroxylation is 1. The van der Waals surface area contributed by atoms with Crippen LogP contribution in [0, 0.1) is 6.92 Å². The van der Waals surface area contributed by atoms with Crippen molar-refractivity contribution in [1.82, 2.24) is 0 Å². The van der Waals surface area contributed by atoms with Gasteiger partial charge in [-0.05, 0) is 51.0 Å². The van der Waals surface area contributed by atoms with Crippen molar-refractivity contribution < 1.29 is 22.7 Å². The van der Waals surface area contributed by atoms with E-state index < -0.39 is 10.0 Å². The highest BCUT2D eigenvalue weighted by molar-refractivity contribution is 7.93. The van der Waals surface area contributed by atoms with Crippen LogP contribution in [0.1, 0.15) is 31.4 Å². The average Bonchev–Trinajstić information content (AvgIpc) is 3.18. The van der Waals surface area contributed by atoms with E-state index in [9.17, 15) is 13.2 Å². The number of nitrogens with zero attached hydrogens (tertiary/aromatic N) is 1. The molecule has 1 fully saturated rings. The zero-order valence-electron chi connectivity index (χ0n) is 17.4. The van der Waals surface area contributed by atoms with E-state index in [-0.39, 0.29) is 23.9 Å². The number of sulfonamides is 1. The largest absolute Gasteiger partial charge is 0.483 e. The molecule has 0 spiro atoms. The lowest BCUT2D eigenvalue weighted by Gasteiger charge is -2.19. The van der Waals surface area contributed by atoms with E-state index in [2.05, 4.69) is 5.32 Å². The fourth-order valence-corrected chi connectivity index (χ4v) is 5.42. The lowest BCUT2D eigenvalue weighted by Crippen LogP contribution is -2.26. The van der Waals surface area contributed by atoms with Crippen LogP contribution in [0.4, 0.5) is 11.4 Å². The van der Waals surface area contributed by atoms with E-state index in [4.69, 9.17) is 9.47 Å².